The molecular formula is C14H17BrN2O3. The van der Waals surface area contributed by atoms with Gasteiger partial charge in [-0.3, -0.25) is 9.78 Å². The first-order valence-corrected chi connectivity index (χ1v) is 7.57. The summed E-state index contributed by atoms with van der Waals surface area (Å²) in [7, 11) is 0. The second-order valence-corrected chi connectivity index (χ2v) is 6.57. The molecule has 0 radical (unpaired) electrons. The van der Waals surface area contributed by atoms with E-state index in [4.69, 9.17) is 0 Å². The Labute approximate surface area is 125 Å². The number of β-amino-alcohol motifs (C(OH)–C–C–N with tert-alkyl or cyclic N) is 1. The predicted octanol–water partition coefficient (Wildman–Crippen LogP) is 0.830. The molecule has 1 amide bonds. The van der Waals surface area contributed by atoms with E-state index >= 15 is 0 Å². The van der Waals surface area contributed by atoms with Crippen molar-refractivity contribution in [1.82, 2.24) is 9.88 Å². The maximum absolute atomic E-state index is 12.8. The number of aromatic nitrogens is 1. The summed E-state index contributed by atoms with van der Waals surface area (Å²) in [6, 6.07) is 1.66. The SMILES string of the molecule is O=C(N1C[C@H](O)C[C@H]1CO)C1(c2cncc(Br)c2)CC1. The molecule has 0 spiro atoms. The molecule has 1 aliphatic carbocycles. The van der Waals surface area contributed by atoms with Gasteiger partial charge in [-0.2, -0.15) is 0 Å². The topological polar surface area (TPSA) is 73.7 Å². The molecule has 5 nitrogen and oxygen atoms in total. The number of aliphatic hydroxyl groups is 2. The molecule has 1 aromatic heterocycles. The fourth-order valence-electron chi connectivity index (χ4n) is 3.01. The van der Waals surface area contributed by atoms with E-state index in [-0.39, 0.29) is 18.6 Å². The van der Waals surface area contributed by atoms with Gasteiger partial charge in [0.1, 0.15) is 0 Å². The fraction of sp³-hybridized carbons (Fsp3) is 0.571. The average molecular weight is 341 g/mol. The molecule has 0 bridgehead atoms. The molecular weight excluding hydrogens is 324 g/mol. The van der Waals surface area contributed by atoms with Crippen LogP contribution in [0.4, 0.5) is 0 Å². The zero-order valence-corrected chi connectivity index (χ0v) is 12.6. The van der Waals surface area contributed by atoms with Crippen molar-refractivity contribution in [2.45, 2.75) is 36.8 Å². The lowest BCUT2D eigenvalue weighted by Gasteiger charge is -2.27. The van der Waals surface area contributed by atoms with Gasteiger partial charge in [0.2, 0.25) is 5.91 Å². The molecule has 2 aliphatic rings. The van der Waals surface area contributed by atoms with Gasteiger partial charge in [-0.15, -0.1) is 0 Å². The smallest absolute Gasteiger partial charge is 0.233 e. The van der Waals surface area contributed by atoms with Crippen molar-refractivity contribution in [1.29, 1.82) is 0 Å². The molecule has 2 fully saturated rings. The normalized spacial score (nSPS) is 27.6. The van der Waals surface area contributed by atoms with Crippen LogP contribution in [0.5, 0.6) is 0 Å². The van der Waals surface area contributed by atoms with E-state index in [9.17, 15) is 15.0 Å². The monoisotopic (exact) mass is 340 g/mol. The number of hydrogen-bond donors (Lipinski definition) is 2. The molecule has 20 heavy (non-hydrogen) atoms. The Morgan fingerprint density at radius 1 is 1.50 bits per heavy atom. The zero-order valence-electron chi connectivity index (χ0n) is 11.0. The van der Waals surface area contributed by atoms with Crippen molar-refractivity contribution in [3.63, 3.8) is 0 Å². The first-order chi connectivity index (χ1) is 9.56. The molecule has 6 heteroatoms. The standard InChI is InChI=1S/C14H17BrN2O3/c15-10-3-9(5-16-6-10)14(1-2-14)13(20)17-7-12(19)4-11(17)8-18/h3,5-6,11-12,18-19H,1-2,4,7-8H2/t11-,12+/m0/s1. The van der Waals surface area contributed by atoms with E-state index in [1.165, 1.54) is 0 Å². The van der Waals surface area contributed by atoms with Crippen LogP contribution in [0, 0.1) is 0 Å². The number of aliphatic hydroxyl groups excluding tert-OH is 2. The molecule has 1 saturated carbocycles. The van der Waals surface area contributed by atoms with Gasteiger partial charge in [0.15, 0.2) is 0 Å². The molecule has 0 unspecified atom stereocenters. The average Bonchev–Trinajstić information content (AvgIpc) is 3.16. The maximum atomic E-state index is 12.8. The molecule has 108 valence electrons. The van der Waals surface area contributed by atoms with Crippen molar-refractivity contribution in [2.75, 3.05) is 13.2 Å². The highest BCUT2D eigenvalue weighted by Crippen LogP contribution is 2.50. The van der Waals surface area contributed by atoms with Gasteiger partial charge >= 0.3 is 0 Å². The lowest BCUT2D eigenvalue weighted by molar-refractivity contribution is -0.135. The highest BCUT2D eigenvalue weighted by atomic mass is 79.9. The maximum Gasteiger partial charge on any atom is 0.233 e. The van der Waals surface area contributed by atoms with Crippen LogP contribution in [-0.2, 0) is 10.2 Å². The summed E-state index contributed by atoms with van der Waals surface area (Å²) in [5.41, 5.74) is 0.406. The number of amides is 1. The Kier molecular flexibility index (Phi) is 3.56. The van der Waals surface area contributed by atoms with Crippen molar-refractivity contribution >= 4 is 21.8 Å². The largest absolute Gasteiger partial charge is 0.394 e. The molecule has 3 rings (SSSR count). The number of carbonyl (C=O) groups is 1. The summed E-state index contributed by atoms with van der Waals surface area (Å²) in [5, 5.41) is 19.1. The summed E-state index contributed by atoms with van der Waals surface area (Å²) in [4.78, 5) is 18.6. The number of hydrogen-bond acceptors (Lipinski definition) is 4. The first kappa shape index (κ1) is 14.0. The van der Waals surface area contributed by atoms with Crippen molar-refractivity contribution in [3.05, 3.63) is 28.5 Å². The number of rotatable bonds is 3. The third kappa shape index (κ3) is 2.25. The summed E-state index contributed by atoms with van der Waals surface area (Å²) in [5.74, 6) is 0.00741. The second-order valence-electron chi connectivity index (χ2n) is 5.66. The number of nitrogens with zero attached hydrogens (tertiary/aromatic N) is 2. The van der Waals surface area contributed by atoms with Crippen LogP contribution in [0.3, 0.4) is 0 Å². The van der Waals surface area contributed by atoms with Crippen molar-refractivity contribution in [3.8, 4) is 0 Å². The Morgan fingerprint density at radius 3 is 2.85 bits per heavy atom. The van der Waals surface area contributed by atoms with Crippen molar-refractivity contribution in [2.24, 2.45) is 0 Å². The van der Waals surface area contributed by atoms with Gasteiger partial charge in [-0.05, 0) is 46.8 Å². The van der Waals surface area contributed by atoms with Crippen LogP contribution < -0.4 is 0 Å². The van der Waals surface area contributed by atoms with Gasteiger partial charge in [-0.1, -0.05) is 0 Å². The molecule has 2 heterocycles. The van der Waals surface area contributed by atoms with E-state index in [1.54, 1.807) is 17.3 Å². The Balaban J connectivity index is 1.87. The van der Waals surface area contributed by atoms with Crippen LogP contribution in [0.1, 0.15) is 24.8 Å². The van der Waals surface area contributed by atoms with E-state index < -0.39 is 11.5 Å². The van der Waals surface area contributed by atoms with Crippen LogP contribution in [0.2, 0.25) is 0 Å². The van der Waals surface area contributed by atoms with Gasteiger partial charge in [0, 0.05) is 23.4 Å². The van der Waals surface area contributed by atoms with Gasteiger partial charge in [0.05, 0.1) is 24.2 Å². The van der Waals surface area contributed by atoms with Crippen molar-refractivity contribution < 1.29 is 15.0 Å². The predicted molar refractivity (Wildman–Crippen MR) is 76.1 cm³/mol. The summed E-state index contributed by atoms with van der Waals surface area (Å²) < 4.78 is 0.856. The highest BCUT2D eigenvalue weighted by molar-refractivity contribution is 9.10. The minimum Gasteiger partial charge on any atom is -0.394 e. The molecule has 2 N–H and O–H groups in total. The number of halogens is 1. The molecule has 1 saturated heterocycles. The Hall–Kier alpha value is -0.980. The van der Waals surface area contributed by atoms with Gasteiger partial charge < -0.3 is 15.1 Å². The number of likely N-dealkylation sites (tertiary alicyclic amines) is 1. The van der Waals surface area contributed by atoms with Gasteiger partial charge in [0.25, 0.3) is 0 Å². The van der Waals surface area contributed by atoms with E-state index in [0.29, 0.717) is 13.0 Å². The van der Waals surface area contributed by atoms with Crippen LogP contribution in [0.15, 0.2) is 22.9 Å². The lowest BCUT2D eigenvalue weighted by atomic mass is 9.95. The molecule has 2 atom stereocenters. The molecule has 0 aromatic carbocycles. The van der Waals surface area contributed by atoms with Crippen LogP contribution >= 0.6 is 15.9 Å². The van der Waals surface area contributed by atoms with E-state index in [0.717, 1.165) is 22.9 Å². The lowest BCUT2D eigenvalue weighted by Crippen LogP contribution is -2.44. The molecule has 1 aliphatic heterocycles. The third-order valence-electron chi connectivity index (χ3n) is 4.28. The fourth-order valence-corrected chi connectivity index (χ4v) is 3.38. The van der Waals surface area contributed by atoms with Crippen LogP contribution in [-0.4, -0.2) is 51.3 Å². The van der Waals surface area contributed by atoms with Gasteiger partial charge in [-0.25, -0.2) is 0 Å². The summed E-state index contributed by atoms with van der Waals surface area (Å²) >= 11 is 3.38. The Bertz CT molecular complexity index is 533. The first-order valence-electron chi connectivity index (χ1n) is 6.78. The minimum atomic E-state index is -0.535. The van der Waals surface area contributed by atoms with E-state index in [2.05, 4.69) is 20.9 Å². The highest BCUT2D eigenvalue weighted by Gasteiger charge is 2.55. The molecule has 1 aromatic rings. The Morgan fingerprint density at radius 2 is 2.25 bits per heavy atom. The minimum absolute atomic E-state index is 0.00741. The second kappa shape index (κ2) is 5.09. The zero-order chi connectivity index (χ0) is 14.3. The number of carbonyl (C=O) groups excluding carboxylic acids is 1. The van der Waals surface area contributed by atoms with E-state index in [1.807, 2.05) is 6.07 Å². The summed E-state index contributed by atoms with van der Waals surface area (Å²) in [6.07, 6.45) is 4.95. The third-order valence-corrected chi connectivity index (χ3v) is 4.71. The quantitative estimate of drug-likeness (QED) is 0.854. The summed E-state index contributed by atoms with van der Waals surface area (Å²) in [6.45, 7) is 0.211. The number of pyridine rings is 1. The van der Waals surface area contributed by atoms with Crippen LogP contribution in [0.25, 0.3) is 0 Å².